The fourth-order valence-corrected chi connectivity index (χ4v) is 3.88. The fraction of sp³-hybridized carbons (Fsp3) is 0.278. The van der Waals surface area contributed by atoms with Crippen molar-refractivity contribution >= 4 is 27.5 Å². The molecule has 0 radical (unpaired) electrons. The molecule has 3 rings (SSSR count). The van der Waals surface area contributed by atoms with Gasteiger partial charge in [-0.3, -0.25) is 9.78 Å². The molecule has 0 aliphatic carbocycles. The van der Waals surface area contributed by atoms with E-state index in [1.165, 1.54) is 25.2 Å². The fourth-order valence-electron chi connectivity index (χ4n) is 2.94. The first-order valence-electron chi connectivity index (χ1n) is 7.72. The minimum Gasteiger partial charge on any atom is -0.480 e. The van der Waals surface area contributed by atoms with E-state index in [0.717, 1.165) is 21.3 Å². The summed E-state index contributed by atoms with van der Waals surface area (Å²) in [6, 6.07) is 5.91. The van der Waals surface area contributed by atoms with Gasteiger partial charge in [-0.2, -0.15) is 0 Å². The van der Waals surface area contributed by atoms with E-state index in [-0.39, 0.29) is 0 Å². The van der Waals surface area contributed by atoms with Crippen LogP contribution in [0, 0.1) is 13.8 Å². The summed E-state index contributed by atoms with van der Waals surface area (Å²) in [4.78, 5) is 40.0. The van der Waals surface area contributed by atoms with Crippen LogP contribution in [0.4, 0.5) is 0 Å². The molecule has 2 N–H and O–H groups in total. The van der Waals surface area contributed by atoms with Crippen molar-refractivity contribution in [1.29, 1.82) is 0 Å². The third-order valence-electron chi connectivity index (χ3n) is 4.39. The van der Waals surface area contributed by atoms with Gasteiger partial charge in [0, 0.05) is 10.9 Å². The maximum atomic E-state index is 13.0. The number of carboxylic acid groups (broad SMARTS) is 1. The highest BCUT2D eigenvalue weighted by molar-refractivity contribution is 7.17. The Hall–Kier alpha value is -2.67. The molecule has 0 aliphatic rings. The lowest BCUT2D eigenvalue weighted by Gasteiger charge is -2.21. The van der Waals surface area contributed by atoms with Gasteiger partial charge >= 0.3 is 11.7 Å². The topological polar surface area (TPSA) is 92.2 Å². The van der Waals surface area contributed by atoms with E-state index in [0.29, 0.717) is 15.8 Å². The largest absolute Gasteiger partial charge is 0.480 e. The molecule has 0 atom stereocenters. The SMILES string of the molecule is Cc1ccc(-c2csc3[nH]c(=O)n(C(C)(C)C(=O)O)c(=O)c23)c(C)c1. The highest BCUT2D eigenvalue weighted by atomic mass is 32.1. The molecular weight excluding hydrogens is 340 g/mol. The number of aliphatic carboxylic acids is 1. The smallest absolute Gasteiger partial charge is 0.330 e. The molecule has 6 nitrogen and oxygen atoms in total. The lowest BCUT2D eigenvalue weighted by atomic mass is 9.99. The summed E-state index contributed by atoms with van der Waals surface area (Å²) in [5.41, 5.74) is 0.740. The maximum absolute atomic E-state index is 13.0. The van der Waals surface area contributed by atoms with Crippen molar-refractivity contribution in [3.63, 3.8) is 0 Å². The zero-order valence-electron chi connectivity index (χ0n) is 14.3. The van der Waals surface area contributed by atoms with Gasteiger partial charge in [-0.05, 0) is 38.8 Å². The molecule has 0 unspecified atom stereocenters. The van der Waals surface area contributed by atoms with Crippen molar-refractivity contribution in [2.75, 3.05) is 0 Å². The molecule has 1 aromatic carbocycles. The predicted molar refractivity (Wildman–Crippen MR) is 98.6 cm³/mol. The second-order valence-corrected chi connectivity index (χ2v) is 7.49. The molecule has 3 aromatic rings. The van der Waals surface area contributed by atoms with Crippen molar-refractivity contribution in [1.82, 2.24) is 9.55 Å². The third-order valence-corrected chi connectivity index (χ3v) is 5.28. The molecular formula is C18H18N2O4S. The second kappa shape index (κ2) is 5.70. The molecule has 0 saturated carbocycles. The first-order valence-corrected chi connectivity index (χ1v) is 8.60. The Morgan fingerprint density at radius 3 is 2.48 bits per heavy atom. The van der Waals surface area contributed by atoms with Crippen LogP contribution in [0.5, 0.6) is 0 Å². The molecule has 0 fully saturated rings. The number of hydrogen-bond acceptors (Lipinski definition) is 4. The van der Waals surface area contributed by atoms with E-state index in [1.54, 1.807) is 0 Å². The summed E-state index contributed by atoms with van der Waals surface area (Å²) in [7, 11) is 0. The molecule has 0 amide bonds. The maximum Gasteiger partial charge on any atom is 0.330 e. The Balaban J connectivity index is 2.41. The molecule has 0 saturated heterocycles. The lowest BCUT2D eigenvalue weighted by Crippen LogP contribution is -2.50. The Bertz CT molecular complexity index is 1120. The Morgan fingerprint density at radius 1 is 1.20 bits per heavy atom. The van der Waals surface area contributed by atoms with E-state index in [2.05, 4.69) is 4.98 Å². The highest BCUT2D eigenvalue weighted by Crippen LogP contribution is 2.33. The van der Waals surface area contributed by atoms with E-state index < -0.39 is 22.8 Å². The summed E-state index contributed by atoms with van der Waals surface area (Å²) in [6.07, 6.45) is 0. The number of carbonyl (C=O) groups is 1. The van der Waals surface area contributed by atoms with Crippen molar-refractivity contribution in [2.24, 2.45) is 0 Å². The Morgan fingerprint density at radius 2 is 1.88 bits per heavy atom. The number of aryl methyl sites for hydroxylation is 2. The zero-order valence-corrected chi connectivity index (χ0v) is 15.2. The Kier molecular flexibility index (Phi) is 3.91. The Labute approximate surface area is 147 Å². The average molecular weight is 358 g/mol. The van der Waals surface area contributed by atoms with E-state index >= 15 is 0 Å². The van der Waals surface area contributed by atoms with Crippen molar-refractivity contribution in [3.05, 3.63) is 55.5 Å². The van der Waals surface area contributed by atoms with Crippen LogP contribution >= 0.6 is 11.3 Å². The highest BCUT2D eigenvalue weighted by Gasteiger charge is 2.33. The number of carboxylic acids is 1. The van der Waals surface area contributed by atoms with Crippen molar-refractivity contribution in [2.45, 2.75) is 33.2 Å². The van der Waals surface area contributed by atoms with Crippen LogP contribution < -0.4 is 11.2 Å². The summed E-state index contributed by atoms with van der Waals surface area (Å²) < 4.78 is 0.775. The number of benzene rings is 1. The van der Waals surface area contributed by atoms with Gasteiger partial charge in [-0.25, -0.2) is 14.2 Å². The number of aromatic nitrogens is 2. The first kappa shape index (κ1) is 17.2. The van der Waals surface area contributed by atoms with Crippen LogP contribution in [-0.2, 0) is 10.3 Å². The monoisotopic (exact) mass is 358 g/mol. The molecule has 7 heteroatoms. The quantitative estimate of drug-likeness (QED) is 0.753. The normalized spacial score (nSPS) is 11.8. The van der Waals surface area contributed by atoms with Crippen molar-refractivity contribution < 1.29 is 9.90 Å². The molecule has 0 aliphatic heterocycles. The number of thiophene rings is 1. The average Bonchev–Trinajstić information content (AvgIpc) is 2.90. The number of hydrogen-bond donors (Lipinski definition) is 2. The van der Waals surface area contributed by atoms with Gasteiger partial charge in [0.15, 0.2) is 0 Å². The number of aromatic amines is 1. The second-order valence-electron chi connectivity index (χ2n) is 6.61. The van der Waals surface area contributed by atoms with Crippen LogP contribution in [0.25, 0.3) is 21.3 Å². The van der Waals surface area contributed by atoms with Gasteiger partial charge in [0.05, 0.1) is 5.39 Å². The molecule has 2 heterocycles. The molecule has 0 spiro atoms. The standard InChI is InChI=1S/C18H18N2O4S/c1-9-5-6-11(10(2)7-9)12-8-25-14-13(12)15(21)20(17(24)19-14)18(3,4)16(22)23/h5-8H,1-4H3,(H,19,24)(H,22,23). The number of H-pyrrole nitrogens is 1. The van der Waals surface area contributed by atoms with E-state index in [4.69, 9.17) is 0 Å². The molecule has 25 heavy (non-hydrogen) atoms. The van der Waals surface area contributed by atoms with E-state index in [9.17, 15) is 19.5 Å². The van der Waals surface area contributed by atoms with Gasteiger partial charge in [0.25, 0.3) is 5.56 Å². The first-order chi connectivity index (χ1) is 11.6. The molecule has 2 aromatic heterocycles. The van der Waals surface area contributed by atoms with Crippen LogP contribution in [0.1, 0.15) is 25.0 Å². The van der Waals surface area contributed by atoms with Crippen LogP contribution in [-0.4, -0.2) is 20.6 Å². The van der Waals surface area contributed by atoms with Gasteiger partial charge in [-0.15, -0.1) is 11.3 Å². The van der Waals surface area contributed by atoms with Gasteiger partial charge in [0.2, 0.25) is 0 Å². The number of nitrogens with zero attached hydrogens (tertiary/aromatic N) is 1. The molecule has 130 valence electrons. The van der Waals surface area contributed by atoms with Crippen LogP contribution in [0.3, 0.4) is 0 Å². The summed E-state index contributed by atoms with van der Waals surface area (Å²) >= 11 is 1.26. The van der Waals surface area contributed by atoms with E-state index in [1.807, 2.05) is 37.4 Å². The minimum atomic E-state index is -1.65. The van der Waals surface area contributed by atoms with Crippen LogP contribution in [0.15, 0.2) is 33.2 Å². The minimum absolute atomic E-state index is 0.339. The van der Waals surface area contributed by atoms with Gasteiger partial charge in [-0.1, -0.05) is 23.8 Å². The predicted octanol–water partition coefficient (Wildman–Crippen LogP) is 2.85. The lowest BCUT2D eigenvalue weighted by molar-refractivity contribution is -0.146. The van der Waals surface area contributed by atoms with Gasteiger partial charge < -0.3 is 5.11 Å². The number of nitrogens with one attached hydrogen (secondary N) is 1. The third kappa shape index (κ3) is 2.60. The van der Waals surface area contributed by atoms with Gasteiger partial charge in [0.1, 0.15) is 10.4 Å². The summed E-state index contributed by atoms with van der Waals surface area (Å²) in [6.45, 7) is 6.61. The zero-order chi connectivity index (χ0) is 18.5. The van der Waals surface area contributed by atoms with Crippen molar-refractivity contribution in [3.8, 4) is 11.1 Å². The molecule has 0 bridgehead atoms. The summed E-state index contributed by atoms with van der Waals surface area (Å²) in [5.74, 6) is -1.25. The van der Waals surface area contributed by atoms with Crippen LogP contribution in [0.2, 0.25) is 0 Å². The summed E-state index contributed by atoms with van der Waals surface area (Å²) in [5, 5.41) is 11.6. The number of fused-ring (bicyclic) bond motifs is 1. The number of rotatable bonds is 3.